The van der Waals surface area contributed by atoms with Crippen molar-refractivity contribution >= 4 is 23.3 Å². The molecule has 2 heterocycles. The highest BCUT2D eigenvalue weighted by Crippen LogP contribution is 2.18. The highest BCUT2D eigenvalue weighted by molar-refractivity contribution is 6.30. The van der Waals surface area contributed by atoms with E-state index in [9.17, 15) is 4.79 Å². The fourth-order valence-corrected chi connectivity index (χ4v) is 2.09. The van der Waals surface area contributed by atoms with E-state index in [1.165, 1.54) is 12.3 Å². The van der Waals surface area contributed by atoms with Crippen LogP contribution in [0.1, 0.15) is 16.1 Å². The number of hydrogen-bond donors (Lipinski definition) is 1. The molecule has 0 saturated carbocycles. The molecule has 0 aliphatic rings. The van der Waals surface area contributed by atoms with Gasteiger partial charge >= 0.3 is 0 Å². The number of benzene rings is 1. The lowest BCUT2D eigenvalue weighted by atomic mass is 10.2. The largest absolute Gasteiger partial charge is 0.305 e. The summed E-state index contributed by atoms with van der Waals surface area (Å²) in [6.07, 6.45) is 2.93. The maximum atomic E-state index is 12.2. The normalized spacial score (nSPS) is 10.1. The van der Waals surface area contributed by atoms with Crippen LogP contribution in [0.5, 0.6) is 0 Å². The Morgan fingerprint density at radius 2 is 1.96 bits per heavy atom. The van der Waals surface area contributed by atoms with E-state index in [0.717, 1.165) is 5.69 Å². The summed E-state index contributed by atoms with van der Waals surface area (Å²) in [7, 11) is 0. The average molecular weight is 324 g/mol. The minimum Gasteiger partial charge on any atom is -0.305 e. The fourth-order valence-electron chi connectivity index (χ4n) is 1.96. The van der Waals surface area contributed by atoms with Gasteiger partial charge in [-0.1, -0.05) is 11.6 Å². The molecule has 0 aliphatic heterocycles. The van der Waals surface area contributed by atoms with Gasteiger partial charge in [0.25, 0.3) is 5.91 Å². The van der Waals surface area contributed by atoms with Crippen molar-refractivity contribution in [1.82, 2.24) is 14.8 Å². The molecule has 0 unspecified atom stereocenters. The molecule has 0 saturated heterocycles. The van der Waals surface area contributed by atoms with Crippen molar-refractivity contribution in [2.45, 2.75) is 0 Å². The number of aromatic nitrogens is 3. The van der Waals surface area contributed by atoms with Crippen molar-refractivity contribution < 1.29 is 4.79 Å². The average Bonchev–Trinajstić information content (AvgIpc) is 3.03. The first-order valence-corrected chi connectivity index (χ1v) is 7.02. The summed E-state index contributed by atoms with van der Waals surface area (Å²) >= 11 is 5.87. The highest BCUT2D eigenvalue weighted by atomic mass is 35.5. The fraction of sp³-hybridized carbons (Fsp3) is 0. The number of pyridine rings is 1. The second kappa shape index (κ2) is 6.30. The van der Waals surface area contributed by atoms with Gasteiger partial charge in [-0.2, -0.15) is 10.4 Å². The third kappa shape index (κ3) is 3.20. The van der Waals surface area contributed by atoms with Crippen LogP contribution in [0, 0.1) is 11.3 Å². The number of halogens is 1. The number of rotatable bonds is 3. The van der Waals surface area contributed by atoms with Crippen LogP contribution in [0.25, 0.3) is 5.69 Å². The number of nitrogens with zero attached hydrogens (tertiary/aromatic N) is 4. The van der Waals surface area contributed by atoms with Gasteiger partial charge in [-0.15, -0.1) is 0 Å². The van der Waals surface area contributed by atoms with E-state index in [0.29, 0.717) is 16.4 Å². The Balaban J connectivity index is 1.83. The molecular formula is C16H10ClN5O. The maximum absolute atomic E-state index is 12.2. The molecule has 0 radical (unpaired) electrons. The third-order valence-corrected chi connectivity index (χ3v) is 3.33. The van der Waals surface area contributed by atoms with E-state index in [4.69, 9.17) is 16.9 Å². The smallest absolute Gasteiger partial charge is 0.275 e. The molecule has 1 aromatic carbocycles. The number of nitrogens with one attached hydrogen (secondary N) is 1. The number of anilines is 1. The monoisotopic (exact) mass is 323 g/mol. The molecule has 112 valence electrons. The van der Waals surface area contributed by atoms with Crippen molar-refractivity contribution in [2.75, 3.05) is 5.32 Å². The van der Waals surface area contributed by atoms with Crippen LogP contribution < -0.4 is 5.32 Å². The molecule has 6 nitrogen and oxygen atoms in total. The molecule has 1 N–H and O–H groups in total. The lowest BCUT2D eigenvalue weighted by Gasteiger charge is -2.08. The topological polar surface area (TPSA) is 83.6 Å². The summed E-state index contributed by atoms with van der Waals surface area (Å²) < 4.78 is 1.58. The zero-order valence-corrected chi connectivity index (χ0v) is 12.5. The molecule has 0 aliphatic carbocycles. The molecule has 7 heteroatoms. The molecule has 2 aromatic heterocycles. The van der Waals surface area contributed by atoms with Gasteiger partial charge in [0, 0.05) is 17.3 Å². The maximum Gasteiger partial charge on any atom is 0.275 e. The minimum absolute atomic E-state index is 0.216. The molecular weight excluding hydrogens is 314 g/mol. The first kappa shape index (κ1) is 14.8. The molecule has 0 fully saturated rings. The molecule has 0 spiro atoms. The van der Waals surface area contributed by atoms with Crippen LogP contribution in [0.15, 0.2) is 54.9 Å². The molecule has 0 atom stereocenters. The summed E-state index contributed by atoms with van der Waals surface area (Å²) in [5.74, 6) is 0.119. The number of carbonyl (C=O) groups excluding carboxylic acids is 1. The Bertz CT molecular complexity index is 878. The van der Waals surface area contributed by atoms with Crippen LogP contribution in [-0.4, -0.2) is 20.7 Å². The van der Waals surface area contributed by atoms with Gasteiger partial charge in [-0.25, -0.2) is 9.67 Å². The number of amides is 1. The van der Waals surface area contributed by atoms with Gasteiger partial charge in [-0.3, -0.25) is 4.79 Å². The van der Waals surface area contributed by atoms with E-state index in [-0.39, 0.29) is 11.6 Å². The standard InChI is InChI=1S/C16H10ClN5O/c17-12-2-4-13(5-3-12)22-15(7-8-20-22)21-16(23)14-6-1-11(9-18)10-19-14/h1-8,10H,(H,21,23). The zero-order chi connectivity index (χ0) is 16.2. The Kier molecular flexibility index (Phi) is 4.04. The summed E-state index contributed by atoms with van der Waals surface area (Å²) in [5, 5.41) is 16.3. The van der Waals surface area contributed by atoms with Crippen molar-refractivity contribution in [3.05, 3.63) is 71.1 Å². The zero-order valence-electron chi connectivity index (χ0n) is 11.8. The Morgan fingerprint density at radius 3 is 2.61 bits per heavy atom. The van der Waals surface area contributed by atoms with Crippen LogP contribution >= 0.6 is 11.6 Å². The van der Waals surface area contributed by atoms with Crippen molar-refractivity contribution in [2.24, 2.45) is 0 Å². The predicted octanol–water partition coefficient (Wildman–Crippen LogP) is 3.04. The van der Waals surface area contributed by atoms with Gasteiger partial charge in [0.05, 0.1) is 17.4 Å². The van der Waals surface area contributed by atoms with Crippen LogP contribution in [0.2, 0.25) is 5.02 Å². The number of nitriles is 1. The van der Waals surface area contributed by atoms with Crippen LogP contribution in [-0.2, 0) is 0 Å². The Hall–Kier alpha value is -3.17. The quantitative estimate of drug-likeness (QED) is 0.803. The van der Waals surface area contributed by atoms with E-state index in [1.54, 1.807) is 47.3 Å². The Labute approximate surface area is 137 Å². The summed E-state index contributed by atoms with van der Waals surface area (Å²) in [6, 6.07) is 13.7. The van der Waals surface area contributed by atoms with E-state index in [1.807, 2.05) is 6.07 Å². The Morgan fingerprint density at radius 1 is 1.17 bits per heavy atom. The van der Waals surface area contributed by atoms with Crippen molar-refractivity contribution in [1.29, 1.82) is 5.26 Å². The first-order chi connectivity index (χ1) is 11.2. The van der Waals surface area contributed by atoms with Gasteiger partial charge in [0.2, 0.25) is 0 Å². The number of carbonyl (C=O) groups is 1. The van der Waals surface area contributed by atoms with E-state index < -0.39 is 0 Å². The summed E-state index contributed by atoms with van der Waals surface area (Å²) in [4.78, 5) is 16.2. The third-order valence-electron chi connectivity index (χ3n) is 3.08. The summed E-state index contributed by atoms with van der Waals surface area (Å²) in [5.41, 5.74) is 1.38. The van der Waals surface area contributed by atoms with Gasteiger partial charge in [0.1, 0.15) is 17.6 Å². The second-order valence-corrected chi connectivity index (χ2v) is 5.04. The number of hydrogen-bond acceptors (Lipinski definition) is 4. The van der Waals surface area contributed by atoms with E-state index >= 15 is 0 Å². The van der Waals surface area contributed by atoms with Gasteiger partial charge < -0.3 is 5.32 Å². The predicted molar refractivity (Wildman–Crippen MR) is 85.5 cm³/mol. The lowest BCUT2D eigenvalue weighted by Crippen LogP contribution is -2.16. The lowest BCUT2D eigenvalue weighted by molar-refractivity contribution is 0.102. The molecule has 0 bridgehead atoms. The SMILES string of the molecule is N#Cc1ccc(C(=O)Nc2ccnn2-c2ccc(Cl)cc2)nc1. The molecule has 1 amide bonds. The minimum atomic E-state index is -0.384. The van der Waals surface area contributed by atoms with Gasteiger partial charge in [-0.05, 0) is 36.4 Å². The van der Waals surface area contributed by atoms with Crippen molar-refractivity contribution in [3.8, 4) is 11.8 Å². The molecule has 3 aromatic rings. The van der Waals surface area contributed by atoms with Crippen LogP contribution in [0.3, 0.4) is 0 Å². The first-order valence-electron chi connectivity index (χ1n) is 6.65. The highest BCUT2D eigenvalue weighted by Gasteiger charge is 2.12. The van der Waals surface area contributed by atoms with E-state index in [2.05, 4.69) is 15.4 Å². The summed E-state index contributed by atoms with van der Waals surface area (Å²) in [6.45, 7) is 0. The van der Waals surface area contributed by atoms with Gasteiger partial charge in [0.15, 0.2) is 0 Å². The second-order valence-electron chi connectivity index (χ2n) is 4.60. The van der Waals surface area contributed by atoms with Crippen molar-refractivity contribution in [3.63, 3.8) is 0 Å². The van der Waals surface area contributed by atoms with Crippen LogP contribution in [0.4, 0.5) is 5.82 Å². The molecule has 3 rings (SSSR count). The molecule has 23 heavy (non-hydrogen) atoms.